The van der Waals surface area contributed by atoms with Gasteiger partial charge < -0.3 is 15.3 Å². The van der Waals surface area contributed by atoms with E-state index in [1.807, 2.05) is 0 Å². The lowest BCUT2D eigenvalue weighted by Gasteiger charge is -2.23. The molecule has 2 atom stereocenters. The third kappa shape index (κ3) is 1.99. The Bertz CT molecular complexity index is 536. The molecule has 0 spiro atoms. The van der Waals surface area contributed by atoms with Gasteiger partial charge in [0.2, 0.25) is 0 Å². The highest BCUT2D eigenvalue weighted by Crippen LogP contribution is 2.48. The number of hydrogen-bond acceptors (Lipinski definition) is 4. The van der Waals surface area contributed by atoms with Crippen molar-refractivity contribution in [3.63, 3.8) is 0 Å². The van der Waals surface area contributed by atoms with Crippen LogP contribution in [0.2, 0.25) is 0 Å². The first-order chi connectivity index (χ1) is 9.62. The maximum atomic E-state index is 12.2. The second kappa shape index (κ2) is 4.73. The smallest absolute Gasteiger partial charge is 0.321 e. The molecule has 1 aliphatic carbocycles. The zero-order valence-corrected chi connectivity index (χ0v) is 11.0. The summed E-state index contributed by atoms with van der Waals surface area (Å²) in [4.78, 5) is 33.0. The van der Waals surface area contributed by atoms with Gasteiger partial charge in [-0.25, -0.2) is 14.8 Å². The molecule has 2 aliphatic rings. The van der Waals surface area contributed by atoms with Crippen LogP contribution < -0.4 is 5.32 Å². The summed E-state index contributed by atoms with van der Waals surface area (Å²) in [6, 6.07) is -0.283. The lowest BCUT2D eigenvalue weighted by Crippen LogP contribution is -2.38. The first kappa shape index (κ1) is 12.8. The summed E-state index contributed by atoms with van der Waals surface area (Å²) in [7, 11) is 0. The third-order valence-electron chi connectivity index (χ3n) is 4.40. The average Bonchev–Trinajstić information content (AvgIpc) is 2.97. The van der Waals surface area contributed by atoms with E-state index in [2.05, 4.69) is 15.3 Å². The van der Waals surface area contributed by atoms with Gasteiger partial charge in [-0.2, -0.15) is 0 Å². The normalized spacial score (nSPS) is 28.2. The van der Waals surface area contributed by atoms with E-state index in [9.17, 15) is 14.7 Å². The molecule has 1 aliphatic heterocycles. The minimum Gasteiger partial charge on any atom is -0.481 e. The van der Waals surface area contributed by atoms with Gasteiger partial charge in [0, 0.05) is 13.1 Å². The average molecular weight is 276 g/mol. The molecule has 2 amide bonds. The van der Waals surface area contributed by atoms with Gasteiger partial charge >= 0.3 is 12.0 Å². The third-order valence-corrected chi connectivity index (χ3v) is 4.40. The molecule has 0 unspecified atom stereocenters. The Labute approximate surface area is 116 Å². The first-order valence-corrected chi connectivity index (χ1v) is 6.66. The topological polar surface area (TPSA) is 95.4 Å². The van der Waals surface area contributed by atoms with Crippen LogP contribution in [0.25, 0.3) is 0 Å². The number of nitrogens with zero attached hydrogens (tertiary/aromatic N) is 3. The Kier molecular flexibility index (Phi) is 3.04. The molecular formula is C13H16N4O3. The van der Waals surface area contributed by atoms with E-state index in [-0.39, 0.29) is 18.5 Å². The van der Waals surface area contributed by atoms with Crippen molar-refractivity contribution < 1.29 is 14.7 Å². The fraction of sp³-hybridized carbons (Fsp3) is 0.538. The number of hydrogen-bond donors (Lipinski definition) is 2. The lowest BCUT2D eigenvalue weighted by atomic mass is 9.81. The Hall–Kier alpha value is -2.18. The maximum absolute atomic E-state index is 12.2. The van der Waals surface area contributed by atoms with Gasteiger partial charge in [-0.05, 0) is 18.8 Å². The number of carbonyl (C=O) groups is 2. The molecule has 0 aromatic carbocycles. The molecule has 2 N–H and O–H groups in total. The molecule has 7 nitrogen and oxygen atoms in total. The van der Waals surface area contributed by atoms with Gasteiger partial charge in [-0.15, -0.1) is 0 Å². The summed E-state index contributed by atoms with van der Waals surface area (Å²) in [5.74, 6) is -0.712. The number of likely N-dealkylation sites (tertiary alicyclic amines) is 1. The van der Waals surface area contributed by atoms with Crippen molar-refractivity contribution >= 4 is 17.7 Å². The summed E-state index contributed by atoms with van der Waals surface area (Å²) in [5.41, 5.74) is -0.233. The van der Waals surface area contributed by atoms with Gasteiger partial charge in [0.25, 0.3) is 0 Å². The number of carboxylic acid groups (broad SMARTS) is 1. The van der Waals surface area contributed by atoms with Crippen molar-refractivity contribution in [2.24, 2.45) is 11.3 Å². The van der Waals surface area contributed by atoms with Crippen molar-refractivity contribution in [1.82, 2.24) is 14.9 Å². The van der Waals surface area contributed by atoms with Gasteiger partial charge in [-0.3, -0.25) is 4.79 Å². The maximum Gasteiger partial charge on any atom is 0.321 e. The van der Waals surface area contributed by atoms with E-state index < -0.39 is 11.4 Å². The molecule has 20 heavy (non-hydrogen) atoms. The molecule has 3 rings (SSSR count). The van der Waals surface area contributed by atoms with E-state index in [1.165, 1.54) is 18.7 Å². The number of nitrogens with one attached hydrogen (secondary N) is 1. The molecule has 1 saturated heterocycles. The number of aromatic nitrogens is 2. The number of carbonyl (C=O) groups excluding carboxylic acids is 1. The van der Waals surface area contributed by atoms with Gasteiger partial charge in [0.05, 0.1) is 23.5 Å². The summed E-state index contributed by atoms with van der Waals surface area (Å²) in [5, 5.41) is 12.2. The van der Waals surface area contributed by atoms with Gasteiger partial charge in [-0.1, -0.05) is 6.42 Å². The van der Waals surface area contributed by atoms with E-state index in [4.69, 9.17) is 0 Å². The number of amides is 2. The van der Waals surface area contributed by atoms with Crippen LogP contribution in [0.4, 0.5) is 10.5 Å². The number of fused-ring (bicyclic) bond motifs is 1. The number of rotatable bonds is 2. The fourth-order valence-corrected chi connectivity index (χ4v) is 3.36. The summed E-state index contributed by atoms with van der Waals surface area (Å²) < 4.78 is 0. The monoisotopic (exact) mass is 276 g/mol. The quantitative estimate of drug-likeness (QED) is 0.846. The zero-order valence-electron chi connectivity index (χ0n) is 11.0. The highest BCUT2D eigenvalue weighted by atomic mass is 16.4. The molecule has 1 saturated carbocycles. The Balaban J connectivity index is 1.71. The van der Waals surface area contributed by atoms with E-state index in [0.717, 1.165) is 12.8 Å². The van der Waals surface area contributed by atoms with Gasteiger partial charge in [0.1, 0.15) is 6.33 Å². The summed E-state index contributed by atoms with van der Waals surface area (Å²) in [6.45, 7) is 0.790. The predicted molar refractivity (Wildman–Crippen MR) is 70.0 cm³/mol. The fourth-order valence-electron chi connectivity index (χ4n) is 3.36. The van der Waals surface area contributed by atoms with Crippen molar-refractivity contribution in [3.05, 3.63) is 18.7 Å². The summed E-state index contributed by atoms with van der Waals surface area (Å²) in [6.07, 6.45) is 6.87. The minimum absolute atomic E-state index is 0.0674. The second-order valence-corrected chi connectivity index (χ2v) is 5.49. The number of aliphatic carboxylic acids is 1. The Morgan fingerprint density at radius 2 is 2.15 bits per heavy atom. The van der Waals surface area contributed by atoms with Crippen LogP contribution in [-0.2, 0) is 4.79 Å². The highest BCUT2D eigenvalue weighted by Gasteiger charge is 2.55. The molecule has 2 heterocycles. The van der Waals surface area contributed by atoms with E-state index in [0.29, 0.717) is 18.7 Å². The Morgan fingerprint density at radius 1 is 1.40 bits per heavy atom. The predicted octanol–water partition coefficient (Wildman–Crippen LogP) is 1.20. The largest absolute Gasteiger partial charge is 0.481 e. The van der Waals surface area contributed by atoms with Crippen molar-refractivity contribution in [2.75, 3.05) is 18.4 Å². The first-order valence-electron chi connectivity index (χ1n) is 6.66. The zero-order chi connectivity index (χ0) is 14.2. The highest BCUT2D eigenvalue weighted by molar-refractivity contribution is 5.90. The lowest BCUT2D eigenvalue weighted by molar-refractivity contribution is -0.149. The van der Waals surface area contributed by atoms with Gasteiger partial charge in [0.15, 0.2) is 0 Å². The minimum atomic E-state index is -0.779. The van der Waals surface area contributed by atoms with Crippen molar-refractivity contribution in [3.8, 4) is 0 Å². The van der Waals surface area contributed by atoms with Crippen LogP contribution in [0.3, 0.4) is 0 Å². The molecule has 2 fully saturated rings. The van der Waals surface area contributed by atoms with Crippen molar-refractivity contribution in [1.29, 1.82) is 0 Å². The molecule has 1 aromatic rings. The van der Waals surface area contributed by atoms with Crippen LogP contribution in [-0.4, -0.2) is 45.1 Å². The number of urea groups is 1. The molecule has 7 heteroatoms. The van der Waals surface area contributed by atoms with E-state index in [1.54, 1.807) is 4.90 Å². The van der Waals surface area contributed by atoms with Crippen LogP contribution in [0.1, 0.15) is 19.3 Å². The standard InChI is InChI=1S/C13H16N4O3/c18-11(19)13-3-1-2-9(13)6-17(7-13)12(20)16-10-4-14-8-15-5-10/h4-5,8-9H,1-3,6-7H2,(H,16,20)(H,18,19)/t9-,13+/m0/s1. The number of carboxylic acids is 1. The molecule has 1 aromatic heterocycles. The SMILES string of the molecule is O=C(Nc1cncnc1)N1C[C@@H]2CCC[C@@]2(C(=O)O)C1. The molecule has 0 radical (unpaired) electrons. The van der Waals surface area contributed by atoms with Crippen LogP contribution in [0.5, 0.6) is 0 Å². The molecular weight excluding hydrogens is 260 g/mol. The molecule has 0 bridgehead atoms. The van der Waals surface area contributed by atoms with Crippen LogP contribution in [0.15, 0.2) is 18.7 Å². The number of anilines is 1. The van der Waals surface area contributed by atoms with Crippen LogP contribution in [0, 0.1) is 11.3 Å². The van der Waals surface area contributed by atoms with Crippen molar-refractivity contribution in [2.45, 2.75) is 19.3 Å². The molecule has 106 valence electrons. The second-order valence-electron chi connectivity index (χ2n) is 5.49. The van der Waals surface area contributed by atoms with Crippen LogP contribution >= 0.6 is 0 Å². The van der Waals surface area contributed by atoms with E-state index >= 15 is 0 Å². The Morgan fingerprint density at radius 3 is 2.80 bits per heavy atom. The summed E-state index contributed by atoms with van der Waals surface area (Å²) >= 11 is 0.